The summed E-state index contributed by atoms with van der Waals surface area (Å²) in [5, 5.41) is 4.33. The predicted octanol–water partition coefficient (Wildman–Crippen LogP) is 3.61. The largest absolute Gasteiger partial charge is 0.388 e. The highest BCUT2D eigenvalue weighted by Gasteiger charge is 2.42. The molecule has 4 nitrogen and oxygen atoms in total. The summed E-state index contributed by atoms with van der Waals surface area (Å²) in [6, 6.07) is 10.2. The van der Waals surface area contributed by atoms with E-state index in [0.717, 1.165) is 50.0 Å². The van der Waals surface area contributed by atoms with Crippen molar-refractivity contribution in [1.29, 1.82) is 0 Å². The van der Waals surface area contributed by atoms with Crippen molar-refractivity contribution in [3.05, 3.63) is 35.9 Å². The van der Waals surface area contributed by atoms with Crippen LogP contribution in [-0.4, -0.2) is 35.2 Å². The Morgan fingerprint density at radius 2 is 1.96 bits per heavy atom. The van der Waals surface area contributed by atoms with Gasteiger partial charge in [-0.1, -0.05) is 49.3 Å². The first-order valence-corrected chi connectivity index (χ1v) is 8.66. The Morgan fingerprint density at radius 3 is 2.61 bits per heavy atom. The molecule has 0 saturated carbocycles. The SMILES string of the molecule is CC(C)CCC(=O)N1CCC2(CC1)CC(c1ccccc1)=NO2. The molecule has 0 aromatic heterocycles. The Kier molecular flexibility index (Phi) is 4.69. The van der Waals surface area contributed by atoms with Gasteiger partial charge in [0, 0.05) is 38.8 Å². The van der Waals surface area contributed by atoms with Crippen molar-refractivity contribution in [2.75, 3.05) is 13.1 Å². The molecule has 0 unspecified atom stereocenters. The van der Waals surface area contributed by atoms with Crippen LogP contribution < -0.4 is 0 Å². The molecule has 1 aromatic carbocycles. The summed E-state index contributed by atoms with van der Waals surface area (Å²) in [5.41, 5.74) is 1.98. The highest BCUT2D eigenvalue weighted by Crippen LogP contribution is 2.36. The number of nitrogens with zero attached hydrogens (tertiary/aromatic N) is 2. The van der Waals surface area contributed by atoms with E-state index in [-0.39, 0.29) is 11.5 Å². The van der Waals surface area contributed by atoms with Crippen molar-refractivity contribution < 1.29 is 9.63 Å². The monoisotopic (exact) mass is 314 g/mol. The summed E-state index contributed by atoms with van der Waals surface area (Å²) in [7, 11) is 0. The third kappa shape index (κ3) is 3.74. The maximum Gasteiger partial charge on any atom is 0.222 e. The van der Waals surface area contributed by atoms with Crippen LogP contribution in [0.5, 0.6) is 0 Å². The van der Waals surface area contributed by atoms with E-state index in [1.807, 2.05) is 23.1 Å². The normalized spacial score (nSPS) is 19.8. The third-order valence-electron chi connectivity index (χ3n) is 4.91. The molecule has 1 aromatic rings. The molecule has 1 fully saturated rings. The Bertz CT molecular complexity index is 572. The molecule has 3 rings (SSSR count). The molecule has 0 bridgehead atoms. The van der Waals surface area contributed by atoms with Gasteiger partial charge in [-0.05, 0) is 17.9 Å². The molecule has 1 spiro atoms. The van der Waals surface area contributed by atoms with Crippen LogP contribution in [0.1, 0.15) is 51.5 Å². The van der Waals surface area contributed by atoms with E-state index in [0.29, 0.717) is 12.3 Å². The van der Waals surface area contributed by atoms with E-state index in [1.165, 1.54) is 0 Å². The number of oxime groups is 1. The molecule has 23 heavy (non-hydrogen) atoms. The first-order valence-electron chi connectivity index (χ1n) is 8.66. The van der Waals surface area contributed by atoms with E-state index in [4.69, 9.17) is 4.84 Å². The second-order valence-corrected chi connectivity index (χ2v) is 7.17. The molecule has 0 N–H and O–H groups in total. The number of hydrogen-bond acceptors (Lipinski definition) is 3. The molecular formula is C19H26N2O2. The standard InChI is InChI=1S/C19H26N2O2/c1-15(2)8-9-18(22)21-12-10-19(11-13-21)14-17(20-23-19)16-6-4-3-5-7-16/h3-7,15H,8-14H2,1-2H3. The average Bonchev–Trinajstić information content (AvgIpc) is 2.98. The van der Waals surface area contributed by atoms with Crippen LogP contribution in [0.25, 0.3) is 0 Å². The fourth-order valence-electron chi connectivity index (χ4n) is 3.31. The van der Waals surface area contributed by atoms with Crippen molar-refractivity contribution in [3.63, 3.8) is 0 Å². The van der Waals surface area contributed by atoms with Crippen LogP contribution >= 0.6 is 0 Å². The van der Waals surface area contributed by atoms with E-state index >= 15 is 0 Å². The summed E-state index contributed by atoms with van der Waals surface area (Å²) in [6.07, 6.45) is 4.24. The van der Waals surface area contributed by atoms with Crippen molar-refractivity contribution >= 4 is 11.6 Å². The van der Waals surface area contributed by atoms with Crippen LogP contribution in [0.15, 0.2) is 35.5 Å². The highest BCUT2D eigenvalue weighted by atomic mass is 16.7. The molecule has 4 heteroatoms. The zero-order valence-electron chi connectivity index (χ0n) is 14.1. The van der Waals surface area contributed by atoms with E-state index in [1.54, 1.807) is 0 Å². The van der Waals surface area contributed by atoms with Gasteiger partial charge in [-0.2, -0.15) is 0 Å². The molecule has 1 amide bonds. The Morgan fingerprint density at radius 1 is 1.26 bits per heavy atom. The van der Waals surface area contributed by atoms with Crippen LogP contribution in [0.4, 0.5) is 0 Å². The lowest BCUT2D eigenvalue weighted by molar-refractivity contribution is -0.137. The summed E-state index contributed by atoms with van der Waals surface area (Å²) in [6.45, 7) is 5.89. The van der Waals surface area contributed by atoms with Gasteiger partial charge < -0.3 is 9.74 Å². The number of likely N-dealkylation sites (tertiary alicyclic amines) is 1. The van der Waals surface area contributed by atoms with Crippen molar-refractivity contribution in [1.82, 2.24) is 4.90 Å². The molecule has 0 aliphatic carbocycles. The van der Waals surface area contributed by atoms with E-state index in [2.05, 4.69) is 31.1 Å². The quantitative estimate of drug-likeness (QED) is 0.852. The summed E-state index contributed by atoms with van der Waals surface area (Å²) in [5.74, 6) is 0.867. The second kappa shape index (κ2) is 6.73. The first-order chi connectivity index (χ1) is 11.1. The van der Waals surface area contributed by atoms with Crippen molar-refractivity contribution in [3.8, 4) is 0 Å². The average molecular weight is 314 g/mol. The van der Waals surface area contributed by atoms with Crippen molar-refractivity contribution in [2.45, 2.75) is 51.6 Å². The summed E-state index contributed by atoms with van der Waals surface area (Å²) >= 11 is 0. The van der Waals surface area contributed by atoms with Gasteiger partial charge >= 0.3 is 0 Å². The molecule has 1 saturated heterocycles. The van der Waals surface area contributed by atoms with Gasteiger partial charge in [-0.25, -0.2) is 0 Å². The maximum atomic E-state index is 12.2. The maximum absolute atomic E-state index is 12.2. The van der Waals surface area contributed by atoms with Gasteiger partial charge in [0.25, 0.3) is 0 Å². The van der Waals surface area contributed by atoms with Crippen LogP contribution in [0.2, 0.25) is 0 Å². The number of hydrogen-bond donors (Lipinski definition) is 0. The minimum absolute atomic E-state index is 0.194. The molecule has 0 atom stereocenters. The van der Waals surface area contributed by atoms with Crippen LogP contribution in [-0.2, 0) is 9.63 Å². The third-order valence-corrected chi connectivity index (χ3v) is 4.91. The highest BCUT2D eigenvalue weighted by molar-refractivity contribution is 6.01. The fraction of sp³-hybridized carbons (Fsp3) is 0.579. The fourth-order valence-corrected chi connectivity index (χ4v) is 3.31. The molecular weight excluding hydrogens is 288 g/mol. The number of benzene rings is 1. The molecule has 124 valence electrons. The smallest absolute Gasteiger partial charge is 0.222 e. The number of carbonyl (C=O) groups excluding carboxylic acids is 1. The van der Waals surface area contributed by atoms with Gasteiger partial charge in [0.05, 0.1) is 5.71 Å². The van der Waals surface area contributed by atoms with Gasteiger partial charge in [-0.3, -0.25) is 4.79 Å². The van der Waals surface area contributed by atoms with Gasteiger partial charge in [-0.15, -0.1) is 0 Å². The van der Waals surface area contributed by atoms with Crippen LogP contribution in [0.3, 0.4) is 0 Å². The number of amides is 1. The predicted molar refractivity (Wildman–Crippen MR) is 91.3 cm³/mol. The minimum Gasteiger partial charge on any atom is -0.388 e. The first kappa shape index (κ1) is 16.0. The van der Waals surface area contributed by atoms with Crippen LogP contribution in [0, 0.1) is 5.92 Å². The summed E-state index contributed by atoms with van der Waals surface area (Å²) in [4.78, 5) is 20.1. The van der Waals surface area contributed by atoms with Crippen molar-refractivity contribution in [2.24, 2.45) is 11.1 Å². The lowest BCUT2D eigenvalue weighted by atomic mass is 9.85. The zero-order valence-corrected chi connectivity index (χ0v) is 14.1. The topological polar surface area (TPSA) is 41.9 Å². The molecule has 2 aliphatic heterocycles. The second-order valence-electron chi connectivity index (χ2n) is 7.17. The number of piperidine rings is 1. The number of rotatable bonds is 4. The van der Waals surface area contributed by atoms with E-state index in [9.17, 15) is 4.79 Å². The number of carbonyl (C=O) groups is 1. The minimum atomic E-state index is -0.194. The molecule has 2 aliphatic rings. The molecule has 2 heterocycles. The molecule has 0 radical (unpaired) electrons. The lowest BCUT2D eigenvalue weighted by Crippen LogP contribution is -2.46. The Hall–Kier alpha value is -1.84. The Labute approximate surface area is 138 Å². The van der Waals surface area contributed by atoms with Gasteiger partial charge in [0.1, 0.15) is 5.60 Å². The van der Waals surface area contributed by atoms with E-state index < -0.39 is 0 Å². The summed E-state index contributed by atoms with van der Waals surface area (Å²) < 4.78 is 0. The Balaban J connectivity index is 1.53. The van der Waals surface area contributed by atoms with Gasteiger partial charge in [0.15, 0.2) is 0 Å². The zero-order chi connectivity index (χ0) is 16.3. The van der Waals surface area contributed by atoms with Gasteiger partial charge in [0.2, 0.25) is 5.91 Å². The lowest BCUT2D eigenvalue weighted by Gasteiger charge is -2.37.